The lowest BCUT2D eigenvalue weighted by molar-refractivity contribution is 0.192. The van der Waals surface area contributed by atoms with E-state index in [1.165, 1.54) is 26.4 Å². The fourth-order valence-corrected chi connectivity index (χ4v) is 8.03. The van der Waals surface area contributed by atoms with Gasteiger partial charge in [0.25, 0.3) is 0 Å². The molecule has 6 heteroatoms. The van der Waals surface area contributed by atoms with E-state index >= 15 is 8.78 Å². The number of hydrogen-bond donors (Lipinski definition) is 0. The van der Waals surface area contributed by atoms with Crippen LogP contribution in [0.1, 0.15) is 45.1 Å². The van der Waals surface area contributed by atoms with Crippen molar-refractivity contribution in [2.75, 3.05) is 4.90 Å². The van der Waals surface area contributed by atoms with Crippen molar-refractivity contribution in [2.45, 2.75) is 50.5 Å². The van der Waals surface area contributed by atoms with Gasteiger partial charge in [-0.1, -0.05) is 80.4 Å². The fraction of sp³-hybridized carbons (Fsp3) is 0.222. The van der Waals surface area contributed by atoms with Crippen molar-refractivity contribution in [3.05, 3.63) is 107 Å². The largest absolute Gasteiger partial charge is 0.329 e. The molecule has 0 bridgehead atoms. The molecule has 1 aliphatic heterocycles. The van der Waals surface area contributed by atoms with Gasteiger partial charge in [-0.05, 0) is 80.9 Å². The Labute approximate surface area is 239 Å². The maximum Gasteiger partial charge on any atom is 0.200 e. The molecular weight excluding hydrogens is 541 g/mol. The van der Waals surface area contributed by atoms with E-state index in [9.17, 15) is 13.2 Å². The van der Waals surface area contributed by atoms with Crippen LogP contribution in [0.25, 0.3) is 43.4 Å². The highest BCUT2D eigenvalue weighted by Crippen LogP contribution is 2.62. The highest BCUT2D eigenvalue weighted by molar-refractivity contribution is 6.25. The molecule has 0 aromatic heterocycles. The molecule has 2 unspecified atom stereocenters. The molecule has 42 heavy (non-hydrogen) atoms. The number of hydrogen-bond acceptors (Lipinski definition) is 1. The first-order valence-electron chi connectivity index (χ1n) is 14.3. The number of halogens is 5. The molecular formula is C36H26F5N. The maximum absolute atomic E-state index is 15.4. The van der Waals surface area contributed by atoms with Crippen LogP contribution < -0.4 is 4.90 Å². The Morgan fingerprint density at radius 2 is 1.21 bits per heavy atom. The second-order valence-electron chi connectivity index (χ2n) is 12.3. The van der Waals surface area contributed by atoms with Gasteiger partial charge in [0, 0.05) is 11.1 Å². The van der Waals surface area contributed by atoms with Gasteiger partial charge in [0.05, 0.1) is 5.54 Å². The Morgan fingerprint density at radius 1 is 0.619 bits per heavy atom. The van der Waals surface area contributed by atoms with Crippen LogP contribution in [-0.4, -0.2) is 5.54 Å². The standard InChI is InChI=1S/C36H26F5N/c1-35-16-3-4-17-36(35,2)42(34-32(40)30(38)29(37)31(39)33(34)41)26-15-12-22(18-25(26)35)23-13-10-21-9-8-19-6-5-7-20-11-14-24(23)28(21)27(19)20/h5-15,18H,3-4,16-17H2,1-2H3. The average molecular weight is 568 g/mol. The summed E-state index contributed by atoms with van der Waals surface area (Å²) in [7, 11) is 0. The monoisotopic (exact) mass is 567 g/mol. The van der Waals surface area contributed by atoms with Gasteiger partial charge in [0.15, 0.2) is 23.3 Å². The molecule has 0 N–H and O–H groups in total. The molecule has 1 aliphatic carbocycles. The third kappa shape index (κ3) is 3.02. The van der Waals surface area contributed by atoms with Crippen molar-refractivity contribution < 1.29 is 22.0 Å². The maximum atomic E-state index is 15.4. The number of rotatable bonds is 2. The lowest BCUT2D eigenvalue weighted by Gasteiger charge is -2.50. The Balaban J connectivity index is 1.39. The molecule has 0 amide bonds. The summed E-state index contributed by atoms with van der Waals surface area (Å²) in [5.74, 6) is -9.60. The van der Waals surface area contributed by atoms with Gasteiger partial charge in [0.1, 0.15) is 5.69 Å². The minimum atomic E-state index is -2.14. The van der Waals surface area contributed by atoms with Gasteiger partial charge in [-0.3, -0.25) is 0 Å². The first-order valence-corrected chi connectivity index (χ1v) is 14.3. The summed E-state index contributed by atoms with van der Waals surface area (Å²) >= 11 is 0. The molecule has 1 fully saturated rings. The summed E-state index contributed by atoms with van der Waals surface area (Å²) in [4.78, 5) is 1.39. The van der Waals surface area contributed by atoms with Crippen LogP contribution in [0.2, 0.25) is 0 Å². The highest BCUT2D eigenvalue weighted by atomic mass is 19.2. The molecule has 6 aromatic rings. The Morgan fingerprint density at radius 3 is 1.93 bits per heavy atom. The predicted molar refractivity (Wildman–Crippen MR) is 158 cm³/mol. The minimum Gasteiger partial charge on any atom is -0.329 e. The highest BCUT2D eigenvalue weighted by Gasteiger charge is 2.59. The van der Waals surface area contributed by atoms with Crippen LogP contribution in [0.15, 0.2) is 72.8 Å². The summed E-state index contributed by atoms with van der Waals surface area (Å²) in [5.41, 5.74) is 0.951. The van der Waals surface area contributed by atoms with E-state index in [4.69, 9.17) is 0 Å². The van der Waals surface area contributed by atoms with Gasteiger partial charge >= 0.3 is 0 Å². The van der Waals surface area contributed by atoms with E-state index in [0.29, 0.717) is 12.1 Å². The molecule has 1 nitrogen and oxygen atoms in total. The lowest BCUT2D eigenvalue weighted by Crippen LogP contribution is -2.55. The van der Waals surface area contributed by atoms with Gasteiger partial charge in [-0.2, -0.15) is 0 Å². The van der Waals surface area contributed by atoms with E-state index in [1.807, 2.05) is 13.0 Å². The molecule has 0 saturated heterocycles. The predicted octanol–water partition coefficient (Wildman–Crippen LogP) is 10.7. The smallest absolute Gasteiger partial charge is 0.200 e. The SMILES string of the molecule is CC12CCCCC1(C)N(c1c(F)c(F)c(F)c(F)c1F)c1ccc(-c3ccc4ccc5cccc6ccc3c4c56)cc12. The van der Waals surface area contributed by atoms with E-state index in [1.54, 1.807) is 6.07 Å². The van der Waals surface area contributed by atoms with Crippen molar-refractivity contribution in [1.82, 2.24) is 0 Å². The van der Waals surface area contributed by atoms with Crippen LogP contribution >= 0.6 is 0 Å². The molecule has 2 aliphatic rings. The van der Waals surface area contributed by atoms with Crippen LogP contribution in [0.4, 0.5) is 33.3 Å². The van der Waals surface area contributed by atoms with Gasteiger partial charge in [0.2, 0.25) is 5.82 Å². The van der Waals surface area contributed by atoms with Crippen LogP contribution in [-0.2, 0) is 5.41 Å². The fourth-order valence-electron chi connectivity index (χ4n) is 8.03. The summed E-state index contributed by atoms with van der Waals surface area (Å²) in [6.07, 6.45) is 2.96. The van der Waals surface area contributed by atoms with E-state index < -0.39 is 45.7 Å². The third-order valence-electron chi connectivity index (χ3n) is 10.4. The van der Waals surface area contributed by atoms with Crippen LogP contribution in [0.3, 0.4) is 0 Å². The van der Waals surface area contributed by atoms with Gasteiger partial charge < -0.3 is 4.90 Å². The van der Waals surface area contributed by atoms with Crippen molar-refractivity contribution in [3.63, 3.8) is 0 Å². The van der Waals surface area contributed by atoms with E-state index in [-0.39, 0.29) is 0 Å². The summed E-state index contributed by atoms with van der Waals surface area (Å²) in [6.45, 7) is 3.95. The van der Waals surface area contributed by atoms with E-state index in [2.05, 4.69) is 67.6 Å². The molecule has 1 saturated carbocycles. The summed E-state index contributed by atoms with van der Waals surface area (Å²) in [5, 5.41) is 6.97. The molecule has 8 rings (SSSR count). The molecule has 210 valence electrons. The van der Waals surface area contributed by atoms with Crippen molar-refractivity contribution >= 4 is 43.7 Å². The minimum absolute atomic E-state index is 0.478. The Kier molecular flexibility index (Phi) is 5.12. The Bertz CT molecular complexity index is 2060. The van der Waals surface area contributed by atoms with E-state index in [0.717, 1.165) is 46.7 Å². The zero-order valence-electron chi connectivity index (χ0n) is 23.1. The molecule has 1 heterocycles. The summed E-state index contributed by atoms with van der Waals surface area (Å²) < 4.78 is 73.8. The van der Waals surface area contributed by atoms with Gasteiger partial charge in [-0.15, -0.1) is 0 Å². The molecule has 6 aromatic carbocycles. The van der Waals surface area contributed by atoms with Crippen LogP contribution in [0, 0.1) is 29.1 Å². The molecule has 0 radical (unpaired) electrons. The normalized spacial score (nSPS) is 21.9. The lowest BCUT2D eigenvalue weighted by atomic mass is 9.61. The zero-order chi connectivity index (χ0) is 29.1. The van der Waals surface area contributed by atoms with Crippen LogP contribution in [0.5, 0.6) is 0 Å². The second-order valence-corrected chi connectivity index (χ2v) is 12.3. The van der Waals surface area contributed by atoms with Gasteiger partial charge in [-0.25, -0.2) is 22.0 Å². The van der Waals surface area contributed by atoms with Crippen molar-refractivity contribution in [2.24, 2.45) is 0 Å². The second kappa shape index (κ2) is 8.43. The average Bonchev–Trinajstić information content (AvgIpc) is 3.21. The van der Waals surface area contributed by atoms with Crippen molar-refractivity contribution in [1.29, 1.82) is 0 Å². The molecule has 0 spiro atoms. The number of fused-ring (bicyclic) bond motifs is 3. The number of benzene rings is 6. The number of anilines is 2. The third-order valence-corrected chi connectivity index (χ3v) is 10.4. The first kappa shape index (κ1) is 25.5. The summed E-state index contributed by atoms with van der Waals surface area (Å²) in [6, 6.07) is 24.8. The van der Waals surface area contributed by atoms with Crippen molar-refractivity contribution in [3.8, 4) is 11.1 Å². The topological polar surface area (TPSA) is 3.24 Å². The zero-order valence-corrected chi connectivity index (χ0v) is 23.1. The number of nitrogens with zero attached hydrogens (tertiary/aromatic N) is 1. The Hall–Kier alpha value is -4.19. The first-order chi connectivity index (χ1) is 20.2. The molecule has 2 atom stereocenters. The quantitative estimate of drug-likeness (QED) is 0.0871.